The summed E-state index contributed by atoms with van der Waals surface area (Å²) in [6.07, 6.45) is 3.79. The number of H-pyrrole nitrogens is 1. The molecule has 23 heavy (non-hydrogen) atoms. The first-order valence-electron chi connectivity index (χ1n) is 7.28. The van der Waals surface area contributed by atoms with Crippen molar-refractivity contribution in [3.8, 4) is 0 Å². The van der Waals surface area contributed by atoms with Crippen molar-refractivity contribution in [2.24, 2.45) is 9.53 Å². The summed E-state index contributed by atoms with van der Waals surface area (Å²) in [5.41, 5.74) is 1.98. The van der Waals surface area contributed by atoms with Gasteiger partial charge in [0.25, 0.3) is 0 Å². The van der Waals surface area contributed by atoms with Crippen molar-refractivity contribution in [1.82, 2.24) is 23.7 Å². The van der Waals surface area contributed by atoms with Crippen molar-refractivity contribution in [3.63, 3.8) is 0 Å². The minimum Gasteiger partial charge on any atom is -0.353 e. The second-order valence-electron chi connectivity index (χ2n) is 5.78. The second-order valence-corrected chi connectivity index (χ2v) is 10.5. The molecule has 0 amide bonds. The summed E-state index contributed by atoms with van der Waals surface area (Å²) >= 11 is 0. The highest BCUT2D eigenvalue weighted by atomic mass is 31.2. The van der Waals surface area contributed by atoms with Gasteiger partial charge in [0.05, 0.1) is 23.8 Å². The number of hydrogen-bond donors (Lipinski definition) is 1. The molecule has 1 heterocycles. The van der Waals surface area contributed by atoms with E-state index in [0.717, 1.165) is 11.4 Å². The van der Waals surface area contributed by atoms with Crippen LogP contribution in [0.25, 0.3) is 0 Å². The summed E-state index contributed by atoms with van der Waals surface area (Å²) in [4.78, 5) is 3.33. The molecule has 0 radical (unpaired) electrons. The first-order chi connectivity index (χ1) is 10.7. The van der Waals surface area contributed by atoms with Gasteiger partial charge < -0.3 is 4.98 Å². The van der Waals surface area contributed by atoms with Crippen LogP contribution in [0, 0.1) is 0 Å². The molecule has 0 saturated heterocycles. The van der Waals surface area contributed by atoms with Crippen molar-refractivity contribution >= 4 is 29.2 Å². The van der Waals surface area contributed by atoms with Crippen LogP contribution in [-0.2, 0) is 0 Å². The standard InChI is InChI=1S/C14H29N7P2/c1-18(2)22(19(3)4)15-11-13-9-10-14(17-13)12-16-23(20(5)6)21(7)8/h9-12,17H,1-8H3. The zero-order valence-corrected chi connectivity index (χ0v) is 17.2. The van der Waals surface area contributed by atoms with E-state index in [2.05, 4.69) is 33.2 Å². The van der Waals surface area contributed by atoms with Gasteiger partial charge in [-0.05, 0) is 68.5 Å². The van der Waals surface area contributed by atoms with Crippen LogP contribution in [0.15, 0.2) is 21.7 Å². The number of aromatic amines is 1. The molecule has 0 spiro atoms. The van der Waals surface area contributed by atoms with Gasteiger partial charge in [-0.15, -0.1) is 0 Å². The lowest BCUT2D eigenvalue weighted by molar-refractivity contribution is 0.575. The summed E-state index contributed by atoms with van der Waals surface area (Å²) in [5, 5.41) is 0. The molecule has 1 aromatic heterocycles. The molecule has 1 aromatic rings. The molecule has 9 heteroatoms. The summed E-state index contributed by atoms with van der Waals surface area (Å²) in [5.74, 6) is 0. The van der Waals surface area contributed by atoms with E-state index >= 15 is 0 Å². The normalized spacial score (nSPS) is 13.5. The van der Waals surface area contributed by atoms with E-state index in [9.17, 15) is 0 Å². The van der Waals surface area contributed by atoms with Crippen molar-refractivity contribution in [2.75, 3.05) is 56.4 Å². The maximum absolute atomic E-state index is 4.66. The first-order valence-corrected chi connectivity index (χ1v) is 9.68. The van der Waals surface area contributed by atoms with E-state index in [1.165, 1.54) is 0 Å². The van der Waals surface area contributed by atoms with Gasteiger partial charge in [0.2, 0.25) is 0 Å². The Hall–Kier alpha value is -0.680. The third-order valence-electron chi connectivity index (χ3n) is 2.76. The Balaban J connectivity index is 2.78. The van der Waals surface area contributed by atoms with Crippen LogP contribution in [0.4, 0.5) is 0 Å². The van der Waals surface area contributed by atoms with Crippen LogP contribution < -0.4 is 0 Å². The minimum absolute atomic E-state index is 0.656. The predicted octanol–water partition coefficient (Wildman–Crippen LogP) is 2.55. The lowest BCUT2D eigenvalue weighted by atomic mass is 10.4. The minimum atomic E-state index is -0.656. The fraction of sp³-hybridized carbons (Fsp3) is 0.571. The van der Waals surface area contributed by atoms with Crippen LogP contribution in [0.2, 0.25) is 0 Å². The monoisotopic (exact) mass is 357 g/mol. The highest BCUT2D eigenvalue weighted by molar-refractivity contribution is 7.51. The van der Waals surface area contributed by atoms with Crippen LogP contribution in [0.1, 0.15) is 11.4 Å². The molecule has 0 fully saturated rings. The van der Waals surface area contributed by atoms with Gasteiger partial charge >= 0.3 is 0 Å². The summed E-state index contributed by atoms with van der Waals surface area (Å²) < 4.78 is 17.8. The van der Waals surface area contributed by atoms with E-state index in [0.29, 0.717) is 0 Å². The Morgan fingerprint density at radius 3 is 1.26 bits per heavy atom. The molecule has 130 valence electrons. The highest BCUT2D eigenvalue weighted by Crippen LogP contribution is 2.41. The topological polar surface area (TPSA) is 53.5 Å². The second kappa shape index (κ2) is 9.58. The van der Waals surface area contributed by atoms with Crippen molar-refractivity contribution in [3.05, 3.63) is 23.5 Å². The van der Waals surface area contributed by atoms with Crippen molar-refractivity contribution in [2.45, 2.75) is 0 Å². The van der Waals surface area contributed by atoms with Crippen LogP contribution in [0.5, 0.6) is 0 Å². The Bertz CT molecular complexity index is 462. The van der Waals surface area contributed by atoms with Crippen LogP contribution >= 0.6 is 16.7 Å². The van der Waals surface area contributed by atoms with Crippen molar-refractivity contribution < 1.29 is 0 Å². The lowest BCUT2D eigenvalue weighted by Crippen LogP contribution is -2.15. The average molecular weight is 357 g/mol. The molecule has 7 nitrogen and oxygen atoms in total. The molecule has 0 aromatic carbocycles. The number of nitrogens with zero attached hydrogens (tertiary/aromatic N) is 6. The molecule has 0 aliphatic carbocycles. The van der Waals surface area contributed by atoms with Gasteiger partial charge in [-0.3, -0.25) is 18.7 Å². The third-order valence-corrected chi connectivity index (χ3v) is 6.27. The van der Waals surface area contributed by atoms with E-state index in [-0.39, 0.29) is 0 Å². The van der Waals surface area contributed by atoms with Gasteiger partial charge in [0.1, 0.15) is 0 Å². The summed E-state index contributed by atoms with van der Waals surface area (Å²) in [7, 11) is 15.0. The number of hydrogen-bond acceptors (Lipinski definition) is 6. The zero-order chi connectivity index (χ0) is 17.6. The van der Waals surface area contributed by atoms with Crippen molar-refractivity contribution in [1.29, 1.82) is 0 Å². The molecule has 1 N–H and O–H groups in total. The molecule has 0 aliphatic heterocycles. The fourth-order valence-electron chi connectivity index (χ4n) is 1.94. The van der Waals surface area contributed by atoms with Gasteiger partial charge in [-0.2, -0.15) is 0 Å². The Kier molecular flexibility index (Phi) is 8.48. The van der Waals surface area contributed by atoms with Gasteiger partial charge in [-0.1, -0.05) is 0 Å². The molecule has 0 unspecified atom stereocenters. The maximum atomic E-state index is 4.66. The van der Waals surface area contributed by atoms with E-state index in [1.807, 2.05) is 80.9 Å². The lowest BCUT2D eigenvalue weighted by Gasteiger charge is -2.25. The fourth-order valence-corrected chi connectivity index (χ4v) is 4.65. The molecule has 0 bridgehead atoms. The van der Waals surface area contributed by atoms with Crippen LogP contribution in [0.3, 0.4) is 0 Å². The molecule has 1 rings (SSSR count). The molecule has 0 aliphatic rings. The van der Waals surface area contributed by atoms with E-state index < -0.39 is 16.7 Å². The van der Waals surface area contributed by atoms with E-state index in [1.54, 1.807) is 0 Å². The molecule has 0 saturated carbocycles. The quantitative estimate of drug-likeness (QED) is 0.574. The third kappa shape index (κ3) is 6.76. The van der Waals surface area contributed by atoms with Gasteiger partial charge in [0, 0.05) is 0 Å². The smallest absolute Gasteiger partial charge is 0.168 e. The van der Waals surface area contributed by atoms with Gasteiger partial charge in [0.15, 0.2) is 16.7 Å². The maximum Gasteiger partial charge on any atom is 0.168 e. The Labute approximate surface area is 142 Å². The summed E-state index contributed by atoms with van der Waals surface area (Å²) in [6, 6.07) is 4.05. The Morgan fingerprint density at radius 2 is 1.00 bits per heavy atom. The number of rotatable bonds is 8. The highest BCUT2D eigenvalue weighted by Gasteiger charge is 2.12. The SMILES string of the molecule is CN(C)P(N=Cc1ccc(C=NP(N(C)C)N(C)C)[nH]1)N(C)C. The molecular formula is C14H29N7P2. The molecular weight excluding hydrogens is 328 g/mol. The molecule has 0 atom stereocenters. The first kappa shape index (κ1) is 20.4. The largest absolute Gasteiger partial charge is 0.353 e. The number of aromatic nitrogens is 1. The van der Waals surface area contributed by atoms with Gasteiger partial charge in [-0.25, -0.2) is 9.53 Å². The predicted molar refractivity (Wildman–Crippen MR) is 105 cm³/mol. The number of nitrogens with one attached hydrogen (secondary N) is 1. The zero-order valence-electron chi connectivity index (χ0n) is 15.4. The average Bonchev–Trinajstić information content (AvgIpc) is 2.85. The Morgan fingerprint density at radius 1 is 0.696 bits per heavy atom. The van der Waals surface area contributed by atoms with Crippen LogP contribution in [-0.4, -0.2) is 92.5 Å². The summed E-state index contributed by atoms with van der Waals surface area (Å²) in [6.45, 7) is 0. The van der Waals surface area contributed by atoms with E-state index in [4.69, 9.17) is 0 Å².